The minimum Gasteiger partial charge on any atom is -0.397 e. The highest BCUT2D eigenvalue weighted by atomic mass is 19.4. The number of nitrogens with one attached hydrogen (secondary N) is 1. The van der Waals surface area contributed by atoms with E-state index in [-0.39, 0.29) is 11.4 Å². The third kappa shape index (κ3) is 2.67. The van der Waals surface area contributed by atoms with Crippen LogP contribution in [0.3, 0.4) is 0 Å². The van der Waals surface area contributed by atoms with Gasteiger partial charge in [0.1, 0.15) is 0 Å². The smallest absolute Gasteiger partial charge is 0.397 e. The Kier molecular flexibility index (Phi) is 3.36. The fourth-order valence-corrected chi connectivity index (χ4v) is 2.19. The molecular weight excluding hydrogens is 291 g/mol. The van der Waals surface area contributed by atoms with E-state index in [0.717, 1.165) is 17.5 Å². The molecule has 0 saturated carbocycles. The van der Waals surface area contributed by atoms with Crippen molar-refractivity contribution in [1.82, 2.24) is 4.98 Å². The molecule has 0 saturated heterocycles. The number of hydrogen-bond acceptors (Lipinski definition) is 3. The number of alkyl halides is 3. The molecule has 3 rings (SSSR count). The van der Waals surface area contributed by atoms with Crippen LogP contribution in [0, 0.1) is 0 Å². The first-order valence-electron chi connectivity index (χ1n) is 6.52. The first-order valence-corrected chi connectivity index (χ1v) is 6.52. The number of para-hydroxylation sites is 1. The van der Waals surface area contributed by atoms with Gasteiger partial charge in [-0.1, -0.05) is 18.2 Å². The highest BCUT2D eigenvalue weighted by Crippen LogP contribution is 2.35. The summed E-state index contributed by atoms with van der Waals surface area (Å²) in [7, 11) is 0. The normalized spacial score (nSPS) is 11.6. The third-order valence-corrected chi connectivity index (χ3v) is 3.28. The first kappa shape index (κ1) is 14.2. The maximum absolute atomic E-state index is 12.8. The summed E-state index contributed by atoms with van der Waals surface area (Å²) >= 11 is 0. The number of hydrogen-bond donors (Lipinski definition) is 2. The van der Waals surface area contributed by atoms with E-state index in [1.807, 2.05) is 12.1 Å². The minimum atomic E-state index is -4.42. The second-order valence-corrected chi connectivity index (χ2v) is 4.81. The van der Waals surface area contributed by atoms with E-state index < -0.39 is 11.7 Å². The van der Waals surface area contributed by atoms with Crippen LogP contribution in [0.1, 0.15) is 5.56 Å². The van der Waals surface area contributed by atoms with E-state index in [4.69, 9.17) is 5.73 Å². The van der Waals surface area contributed by atoms with Crippen LogP contribution in [-0.2, 0) is 6.18 Å². The number of nitrogen functional groups attached to an aromatic ring is 1. The molecule has 0 aliphatic carbocycles. The van der Waals surface area contributed by atoms with E-state index in [2.05, 4.69) is 10.3 Å². The van der Waals surface area contributed by atoms with E-state index in [1.165, 1.54) is 6.07 Å². The maximum atomic E-state index is 12.8. The van der Waals surface area contributed by atoms with Crippen molar-refractivity contribution in [3.05, 3.63) is 60.3 Å². The van der Waals surface area contributed by atoms with Crippen molar-refractivity contribution in [2.75, 3.05) is 11.1 Å². The Hall–Kier alpha value is -2.76. The van der Waals surface area contributed by atoms with Gasteiger partial charge in [0.25, 0.3) is 0 Å². The topological polar surface area (TPSA) is 50.9 Å². The van der Waals surface area contributed by atoms with Gasteiger partial charge in [-0.15, -0.1) is 0 Å². The summed E-state index contributed by atoms with van der Waals surface area (Å²) in [6, 6.07) is 12.3. The van der Waals surface area contributed by atoms with Crippen molar-refractivity contribution in [3.63, 3.8) is 0 Å². The number of pyridine rings is 1. The summed E-state index contributed by atoms with van der Waals surface area (Å²) in [5.41, 5.74) is 6.73. The number of nitrogens with two attached hydrogens (primary N) is 1. The third-order valence-electron chi connectivity index (χ3n) is 3.28. The van der Waals surface area contributed by atoms with Gasteiger partial charge in [-0.3, -0.25) is 4.98 Å². The van der Waals surface area contributed by atoms with Gasteiger partial charge in [0.15, 0.2) is 0 Å². The highest BCUT2D eigenvalue weighted by molar-refractivity contribution is 5.93. The van der Waals surface area contributed by atoms with Gasteiger partial charge in [-0.25, -0.2) is 0 Å². The lowest BCUT2D eigenvalue weighted by atomic mass is 10.1. The zero-order valence-corrected chi connectivity index (χ0v) is 11.4. The summed E-state index contributed by atoms with van der Waals surface area (Å²) in [5.74, 6) is 0. The fourth-order valence-electron chi connectivity index (χ4n) is 2.19. The highest BCUT2D eigenvalue weighted by Gasteiger charge is 2.30. The van der Waals surface area contributed by atoms with Crippen molar-refractivity contribution in [2.45, 2.75) is 6.18 Å². The molecule has 0 radical (unpaired) electrons. The van der Waals surface area contributed by atoms with Crippen molar-refractivity contribution >= 4 is 28.0 Å². The molecule has 3 N–H and O–H groups in total. The molecule has 3 aromatic rings. The molecule has 0 aliphatic heterocycles. The monoisotopic (exact) mass is 303 g/mol. The number of fused-ring (bicyclic) bond motifs is 1. The zero-order chi connectivity index (χ0) is 15.7. The van der Waals surface area contributed by atoms with Gasteiger partial charge in [0.2, 0.25) is 0 Å². The van der Waals surface area contributed by atoms with Gasteiger partial charge >= 0.3 is 6.18 Å². The number of rotatable bonds is 2. The Morgan fingerprint density at radius 2 is 1.73 bits per heavy atom. The average molecular weight is 303 g/mol. The number of halogens is 3. The van der Waals surface area contributed by atoms with E-state index in [1.54, 1.807) is 24.4 Å². The molecule has 0 unspecified atom stereocenters. The predicted molar refractivity (Wildman–Crippen MR) is 80.9 cm³/mol. The van der Waals surface area contributed by atoms with Crippen LogP contribution in [0.15, 0.2) is 54.7 Å². The largest absolute Gasteiger partial charge is 0.416 e. The van der Waals surface area contributed by atoms with Crippen molar-refractivity contribution in [2.24, 2.45) is 0 Å². The van der Waals surface area contributed by atoms with Gasteiger partial charge in [-0.05, 0) is 30.3 Å². The molecule has 3 nitrogen and oxygen atoms in total. The summed E-state index contributed by atoms with van der Waals surface area (Å²) in [6.45, 7) is 0. The molecule has 0 atom stereocenters. The van der Waals surface area contributed by atoms with E-state index in [0.29, 0.717) is 11.2 Å². The Morgan fingerprint density at radius 1 is 0.955 bits per heavy atom. The van der Waals surface area contributed by atoms with Gasteiger partial charge in [-0.2, -0.15) is 13.2 Å². The standard InChI is InChI=1S/C16H12F3N3/c17-16(18,19)11-6-7-12(20)14(9-11)22-13-5-1-3-10-4-2-8-21-15(10)13/h1-9,22H,20H2. The Balaban J connectivity index is 2.05. The molecule has 0 amide bonds. The minimum absolute atomic E-state index is 0.202. The van der Waals surface area contributed by atoms with Crippen LogP contribution in [0.5, 0.6) is 0 Å². The van der Waals surface area contributed by atoms with Crippen LogP contribution in [0.4, 0.5) is 30.2 Å². The summed E-state index contributed by atoms with van der Waals surface area (Å²) < 4.78 is 38.4. The van der Waals surface area contributed by atoms with E-state index >= 15 is 0 Å². The quantitative estimate of drug-likeness (QED) is 0.681. The molecule has 0 bridgehead atoms. The number of benzene rings is 2. The zero-order valence-electron chi connectivity index (χ0n) is 11.4. The van der Waals surface area contributed by atoms with Crippen LogP contribution in [-0.4, -0.2) is 4.98 Å². The molecule has 1 heterocycles. The fraction of sp³-hybridized carbons (Fsp3) is 0.0625. The second-order valence-electron chi connectivity index (χ2n) is 4.81. The van der Waals surface area contributed by atoms with Crippen LogP contribution < -0.4 is 11.1 Å². The Bertz CT molecular complexity index is 823. The molecule has 0 fully saturated rings. The number of aromatic nitrogens is 1. The van der Waals surface area contributed by atoms with Crippen molar-refractivity contribution in [1.29, 1.82) is 0 Å². The lowest BCUT2D eigenvalue weighted by Gasteiger charge is -2.14. The summed E-state index contributed by atoms with van der Waals surface area (Å²) in [5, 5.41) is 3.83. The molecule has 6 heteroatoms. The average Bonchev–Trinajstić information content (AvgIpc) is 2.49. The number of nitrogens with zero attached hydrogens (tertiary/aromatic N) is 1. The predicted octanol–water partition coefficient (Wildman–Crippen LogP) is 4.58. The SMILES string of the molecule is Nc1ccc(C(F)(F)F)cc1Nc1cccc2cccnc12. The lowest BCUT2D eigenvalue weighted by molar-refractivity contribution is -0.137. The molecule has 22 heavy (non-hydrogen) atoms. The van der Waals surface area contributed by atoms with Crippen LogP contribution in [0.25, 0.3) is 10.9 Å². The molecule has 112 valence electrons. The molecule has 1 aromatic heterocycles. The van der Waals surface area contributed by atoms with Crippen molar-refractivity contribution < 1.29 is 13.2 Å². The Morgan fingerprint density at radius 3 is 2.50 bits per heavy atom. The van der Waals surface area contributed by atoms with Crippen LogP contribution >= 0.6 is 0 Å². The molecule has 2 aromatic carbocycles. The van der Waals surface area contributed by atoms with E-state index in [9.17, 15) is 13.2 Å². The molecule has 0 aliphatic rings. The van der Waals surface area contributed by atoms with Gasteiger partial charge < -0.3 is 11.1 Å². The second kappa shape index (κ2) is 5.22. The molecule has 0 spiro atoms. The Labute approximate surface area is 124 Å². The van der Waals surface area contributed by atoms with Crippen molar-refractivity contribution in [3.8, 4) is 0 Å². The number of anilines is 3. The lowest BCUT2D eigenvalue weighted by Crippen LogP contribution is -2.07. The van der Waals surface area contributed by atoms with Crippen LogP contribution in [0.2, 0.25) is 0 Å². The molecular formula is C16H12F3N3. The summed E-state index contributed by atoms with van der Waals surface area (Å²) in [4.78, 5) is 4.25. The summed E-state index contributed by atoms with van der Waals surface area (Å²) in [6.07, 6.45) is -2.79. The first-order chi connectivity index (χ1) is 10.4. The van der Waals surface area contributed by atoms with Gasteiger partial charge in [0, 0.05) is 11.6 Å². The maximum Gasteiger partial charge on any atom is 0.416 e. The van der Waals surface area contributed by atoms with Gasteiger partial charge in [0.05, 0.1) is 28.1 Å².